The van der Waals surface area contributed by atoms with Gasteiger partial charge in [0.15, 0.2) is 0 Å². The molecule has 0 saturated carbocycles. The van der Waals surface area contributed by atoms with Crippen LogP contribution in [0.3, 0.4) is 0 Å². The second-order valence-corrected chi connectivity index (χ2v) is 6.63. The molecule has 3 atom stereocenters. The molecule has 0 spiro atoms. The number of rotatable bonds is 4. The molecule has 154 valence electrons. The number of halogens is 6. The zero-order valence-corrected chi connectivity index (χ0v) is 14.8. The number of aromatic nitrogens is 1. The minimum Gasteiger partial charge on any atom is -0.492 e. The van der Waals surface area contributed by atoms with Gasteiger partial charge in [0.05, 0.1) is 17.2 Å². The van der Waals surface area contributed by atoms with Crippen molar-refractivity contribution in [2.45, 2.75) is 36.8 Å². The highest BCUT2D eigenvalue weighted by Crippen LogP contribution is 2.42. The van der Waals surface area contributed by atoms with Gasteiger partial charge in [-0.3, -0.25) is 10.3 Å². The average molecular weight is 415 g/mol. The summed E-state index contributed by atoms with van der Waals surface area (Å²) >= 11 is 0. The van der Waals surface area contributed by atoms with E-state index in [1.54, 1.807) is 12.1 Å². The first-order valence-corrected chi connectivity index (χ1v) is 8.56. The molecule has 4 nitrogen and oxygen atoms in total. The Balaban J connectivity index is 1.85. The summed E-state index contributed by atoms with van der Waals surface area (Å²) < 4.78 is 85.7. The maximum atomic E-state index is 13.5. The molecule has 2 heterocycles. The van der Waals surface area contributed by atoms with Crippen molar-refractivity contribution >= 4 is 0 Å². The Bertz CT molecular complexity index is 892. The first-order chi connectivity index (χ1) is 13.6. The van der Waals surface area contributed by atoms with Gasteiger partial charge in [-0.15, -0.1) is 0 Å². The van der Waals surface area contributed by atoms with Gasteiger partial charge in [-0.05, 0) is 36.2 Å². The number of alkyl halides is 6. The molecule has 29 heavy (non-hydrogen) atoms. The maximum absolute atomic E-state index is 13.5. The molecule has 3 rings (SSSR count). The fraction of sp³-hybridized carbons (Fsp3) is 0.368. The molecule has 1 N–H and O–H groups in total. The SMILES string of the molecule is N#Cc1ccc(C2CC(COc3ccncc3)NC2C(F)(F)F)cc1C(F)(F)F. The van der Waals surface area contributed by atoms with Crippen molar-refractivity contribution in [2.75, 3.05) is 6.61 Å². The fourth-order valence-corrected chi connectivity index (χ4v) is 3.40. The van der Waals surface area contributed by atoms with E-state index < -0.39 is 41.5 Å². The van der Waals surface area contributed by atoms with Crippen LogP contribution in [0.1, 0.15) is 29.0 Å². The van der Waals surface area contributed by atoms with Crippen LogP contribution in [0, 0.1) is 11.3 Å². The van der Waals surface area contributed by atoms with E-state index in [-0.39, 0.29) is 18.6 Å². The fourth-order valence-electron chi connectivity index (χ4n) is 3.40. The van der Waals surface area contributed by atoms with E-state index >= 15 is 0 Å². The summed E-state index contributed by atoms with van der Waals surface area (Å²) in [6.45, 7) is -0.0878. The summed E-state index contributed by atoms with van der Waals surface area (Å²) in [7, 11) is 0. The number of hydrogen-bond donors (Lipinski definition) is 1. The van der Waals surface area contributed by atoms with Crippen LogP contribution in [0.2, 0.25) is 0 Å². The highest BCUT2D eigenvalue weighted by atomic mass is 19.4. The van der Waals surface area contributed by atoms with Crippen molar-refractivity contribution in [1.29, 1.82) is 5.26 Å². The quantitative estimate of drug-likeness (QED) is 0.751. The predicted molar refractivity (Wildman–Crippen MR) is 90.0 cm³/mol. The lowest BCUT2D eigenvalue weighted by molar-refractivity contribution is -0.156. The van der Waals surface area contributed by atoms with Crippen molar-refractivity contribution in [3.63, 3.8) is 0 Å². The van der Waals surface area contributed by atoms with Gasteiger partial charge in [0.1, 0.15) is 18.4 Å². The summed E-state index contributed by atoms with van der Waals surface area (Å²) in [5, 5.41) is 11.3. The Morgan fingerprint density at radius 1 is 1.10 bits per heavy atom. The molecular formula is C19H15F6N3O. The number of hydrogen-bond acceptors (Lipinski definition) is 4. The largest absolute Gasteiger partial charge is 0.492 e. The lowest BCUT2D eigenvalue weighted by Gasteiger charge is -2.23. The van der Waals surface area contributed by atoms with Crippen LogP contribution in [0.15, 0.2) is 42.7 Å². The van der Waals surface area contributed by atoms with Crippen molar-refractivity contribution in [3.05, 3.63) is 59.4 Å². The van der Waals surface area contributed by atoms with E-state index in [0.717, 1.165) is 12.1 Å². The van der Waals surface area contributed by atoms with Crippen LogP contribution >= 0.6 is 0 Å². The minimum absolute atomic E-state index is 0.0710. The lowest BCUT2D eigenvalue weighted by atomic mass is 9.88. The van der Waals surface area contributed by atoms with Gasteiger partial charge in [0.25, 0.3) is 0 Å². The molecule has 2 aromatic rings. The Hall–Kier alpha value is -2.80. The second kappa shape index (κ2) is 7.91. The molecular weight excluding hydrogens is 400 g/mol. The number of ether oxygens (including phenoxy) is 1. The predicted octanol–water partition coefficient (Wildman–Crippen LogP) is 4.43. The zero-order valence-electron chi connectivity index (χ0n) is 14.8. The van der Waals surface area contributed by atoms with Gasteiger partial charge in [0.2, 0.25) is 0 Å². The summed E-state index contributed by atoms with van der Waals surface area (Å²) in [4.78, 5) is 3.80. The van der Waals surface area contributed by atoms with E-state index in [1.165, 1.54) is 18.5 Å². The van der Waals surface area contributed by atoms with Gasteiger partial charge in [-0.25, -0.2) is 0 Å². The van der Waals surface area contributed by atoms with Crippen LogP contribution < -0.4 is 10.1 Å². The molecule has 1 aliphatic rings. The Morgan fingerprint density at radius 3 is 2.38 bits per heavy atom. The Morgan fingerprint density at radius 2 is 1.79 bits per heavy atom. The molecule has 1 fully saturated rings. The van der Waals surface area contributed by atoms with Gasteiger partial charge in [-0.2, -0.15) is 31.6 Å². The smallest absolute Gasteiger partial charge is 0.417 e. The number of pyridine rings is 1. The third kappa shape index (κ3) is 4.79. The van der Waals surface area contributed by atoms with Gasteiger partial charge < -0.3 is 4.74 Å². The third-order valence-electron chi connectivity index (χ3n) is 4.71. The standard InChI is InChI=1S/C19H15F6N3O/c20-18(21,22)16-7-11(1-2-12(16)9-26)15-8-13(28-17(15)19(23,24)25)10-29-14-3-5-27-6-4-14/h1-7,13,15,17,28H,8,10H2. The Kier molecular flexibility index (Phi) is 5.71. The molecule has 0 aliphatic carbocycles. The van der Waals surface area contributed by atoms with Crippen LogP contribution in [0.25, 0.3) is 0 Å². The summed E-state index contributed by atoms with van der Waals surface area (Å²) in [5.74, 6) is -0.818. The topological polar surface area (TPSA) is 57.9 Å². The monoisotopic (exact) mass is 415 g/mol. The minimum atomic E-state index is -4.84. The van der Waals surface area contributed by atoms with E-state index in [9.17, 15) is 26.3 Å². The average Bonchev–Trinajstić information content (AvgIpc) is 3.11. The van der Waals surface area contributed by atoms with Crippen molar-refractivity contribution in [1.82, 2.24) is 10.3 Å². The van der Waals surface area contributed by atoms with Gasteiger partial charge >= 0.3 is 12.4 Å². The molecule has 10 heteroatoms. The number of benzene rings is 1. The third-order valence-corrected chi connectivity index (χ3v) is 4.71. The normalized spacial score (nSPS) is 22.3. The molecule has 0 radical (unpaired) electrons. The second-order valence-electron chi connectivity index (χ2n) is 6.63. The van der Waals surface area contributed by atoms with Gasteiger partial charge in [0, 0.05) is 24.4 Å². The molecule has 1 saturated heterocycles. The van der Waals surface area contributed by atoms with Crippen LogP contribution in [0.5, 0.6) is 5.75 Å². The maximum Gasteiger partial charge on any atom is 0.417 e. The molecule has 1 aromatic carbocycles. The summed E-state index contributed by atoms with van der Waals surface area (Å²) in [5.41, 5.74) is -2.00. The van der Waals surface area contributed by atoms with E-state index in [0.29, 0.717) is 11.8 Å². The van der Waals surface area contributed by atoms with Crippen molar-refractivity contribution < 1.29 is 31.1 Å². The molecule has 3 unspecified atom stereocenters. The van der Waals surface area contributed by atoms with Crippen LogP contribution in [0.4, 0.5) is 26.3 Å². The van der Waals surface area contributed by atoms with E-state index in [4.69, 9.17) is 10.00 Å². The highest BCUT2D eigenvalue weighted by molar-refractivity contribution is 5.43. The summed E-state index contributed by atoms with van der Waals surface area (Å²) in [6, 6.07) is 4.46. The zero-order chi connectivity index (χ0) is 21.2. The first kappa shape index (κ1) is 20.9. The van der Waals surface area contributed by atoms with Crippen molar-refractivity contribution in [2.24, 2.45) is 0 Å². The highest BCUT2D eigenvalue weighted by Gasteiger charge is 2.51. The molecule has 0 bridgehead atoms. The van der Waals surface area contributed by atoms with Gasteiger partial charge in [-0.1, -0.05) is 6.07 Å². The van der Waals surface area contributed by atoms with Crippen LogP contribution in [-0.2, 0) is 6.18 Å². The number of nitrogens with one attached hydrogen (secondary N) is 1. The first-order valence-electron chi connectivity index (χ1n) is 8.56. The molecule has 1 aromatic heterocycles. The van der Waals surface area contributed by atoms with Crippen LogP contribution in [-0.4, -0.2) is 29.9 Å². The number of nitrogens with zero attached hydrogens (tertiary/aromatic N) is 2. The molecule has 1 aliphatic heterocycles. The number of nitriles is 1. The lowest BCUT2D eigenvalue weighted by Crippen LogP contribution is -2.44. The van der Waals surface area contributed by atoms with Crippen molar-refractivity contribution in [3.8, 4) is 11.8 Å². The van der Waals surface area contributed by atoms with E-state index in [2.05, 4.69) is 10.3 Å². The summed E-state index contributed by atoms with van der Waals surface area (Å²) in [6.07, 6.45) is -6.65. The van der Waals surface area contributed by atoms with E-state index in [1.807, 2.05) is 0 Å². The Labute approximate surface area is 162 Å². The molecule has 0 amide bonds.